The Balaban J connectivity index is 2.37. The van der Waals surface area contributed by atoms with Gasteiger partial charge in [0.05, 0.1) is 16.1 Å². The highest BCUT2D eigenvalue weighted by Gasteiger charge is 2.31. The first-order valence-electron chi connectivity index (χ1n) is 5.65. The molecule has 1 aromatic carbocycles. The predicted octanol–water partition coefficient (Wildman–Crippen LogP) is 2.56. The van der Waals surface area contributed by atoms with E-state index in [9.17, 15) is 8.42 Å². The van der Waals surface area contributed by atoms with Gasteiger partial charge >= 0.3 is 0 Å². The number of piperidine rings is 1. The van der Waals surface area contributed by atoms with E-state index >= 15 is 0 Å². The number of nitrogens with two attached hydrogens (primary N) is 1. The van der Waals surface area contributed by atoms with Crippen molar-refractivity contribution >= 4 is 37.6 Å². The molecule has 1 heterocycles. The van der Waals surface area contributed by atoms with Gasteiger partial charge in [-0.1, -0.05) is 11.6 Å². The molecule has 0 aromatic heterocycles. The first-order valence-corrected chi connectivity index (χ1v) is 8.26. The van der Waals surface area contributed by atoms with Crippen LogP contribution in [-0.4, -0.2) is 25.4 Å². The van der Waals surface area contributed by atoms with Gasteiger partial charge in [-0.05, 0) is 53.4 Å². The third-order valence-electron chi connectivity index (χ3n) is 3.00. The molecule has 0 saturated carbocycles. The van der Waals surface area contributed by atoms with E-state index in [0.717, 1.165) is 12.8 Å². The van der Waals surface area contributed by atoms with Crippen molar-refractivity contribution in [1.29, 1.82) is 0 Å². The van der Waals surface area contributed by atoms with Crippen LogP contribution in [0.25, 0.3) is 0 Å². The summed E-state index contributed by atoms with van der Waals surface area (Å²) in [6.07, 6.45) is 2.09. The number of benzene rings is 1. The molecule has 1 fully saturated rings. The van der Waals surface area contributed by atoms with Crippen LogP contribution in [0.4, 0.5) is 0 Å². The van der Waals surface area contributed by atoms with Gasteiger partial charge in [0, 0.05) is 11.0 Å². The lowest BCUT2D eigenvalue weighted by Crippen LogP contribution is -2.48. The maximum absolute atomic E-state index is 12.4. The average molecular weight is 354 g/mol. The minimum Gasteiger partial charge on any atom is -0.315 e. The van der Waals surface area contributed by atoms with E-state index in [1.807, 2.05) is 0 Å². The molecule has 0 aliphatic carbocycles. The molecule has 0 spiro atoms. The van der Waals surface area contributed by atoms with Crippen LogP contribution in [-0.2, 0) is 10.0 Å². The summed E-state index contributed by atoms with van der Waals surface area (Å²) in [5.41, 5.74) is 5.88. The molecule has 1 aliphatic rings. The van der Waals surface area contributed by atoms with Crippen molar-refractivity contribution in [2.45, 2.75) is 30.3 Å². The van der Waals surface area contributed by atoms with Crippen LogP contribution < -0.4 is 5.73 Å². The van der Waals surface area contributed by atoms with Gasteiger partial charge in [0.1, 0.15) is 0 Å². The Kier molecular flexibility index (Phi) is 4.33. The van der Waals surface area contributed by atoms with Crippen LogP contribution >= 0.6 is 27.5 Å². The summed E-state index contributed by atoms with van der Waals surface area (Å²) in [5, 5.41) is 0.483. The van der Waals surface area contributed by atoms with Gasteiger partial charge < -0.3 is 5.73 Å². The summed E-state index contributed by atoms with van der Waals surface area (Å²) in [6, 6.07) is 4.58. The maximum atomic E-state index is 12.4. The molecule has 0 bridgehead atoms. The first-order chi connectivity index (χ1) is 8.43. The van der Waals surface area contributed by atoms with E-state index < -0.39 is 16.2 Å². The Hall–Kier alpha value is -0.140. The quantitative estimate of drug-likeness (QED) is 0.889. The van der Waals surface area contributed by atoms with Crippen molar-refractivity contribution in [1.82, 2.24) is 4.31 Å². The summed E-state index contributed by atoms with van der Waals surface area (Å²) in [6.45, 7) is 0.476. The summed E-state index contributed by atoms with van der Waals surface area (Å²) < 4.78 is 26.8. The fraction of sp³-hybridized carbons (Fsp3) is 0.455. The maximum Gasteiger partial charge on any atom is 0.244 e. The van der Waals surface area contributed by atoms with E-state index in [1.165, 1.54) is 16.4 Å². The van der Waals surface area contributed by atoms with Crippen LogP contribution in [0.1, 0.15) is 19.3 Å². The Labute approximate surface area is 120 Å². The molecule has 1 atom stereocenters. The molecular weight excluding hydrogens is 340 g/mol. The number of sulfonamides is 1. The molecule has 100 valence electrons. The lowest BCUT2D eigenvalue weighted by Gasteiger charge is -2.32. The van der Waals surface area contributed by atoms with Gasteiger partial charge in [0.15, 0.2) is 0 Å². The second kappa shape index (κ2) is 5.46. The standard InChI is InChI=1S/C11H14BrClN2O2S/c12-9-7-8(4-5-10(9)13)18(16,17)15-6-2-1-3-11(15)14/h4-5,7,11H,1-3,6,14H2. The fourth-order valence-corrected chi connectivity index (χ4v) is 4.26. The number of hydrogen-bond donors (Lipinski definition) is 1. The average Bonchev–Trinajstić information content (AvgIpc) is 2.33. The monoisotopic (exact) mass is 352 g/mol. The van der Waals surface area contributed by atoms with Crippen LogP contribution in [0, 0.1) is 0 Å². The largest absolute Gasteiger partial charge is 0.315 e. The second-order valence-electron chi connectivity index (χ2n) is 4.25. The normalized spacial score (nSPS) is 22.1. The molecular formula is C11H14BrClN2O2S. The third kappa shape index (κ3) is 2.72. The van der Waals surface area contributed by atoms with Crippen molar-refractivity contribution in [2.24, 2.45) is 5.73 Å². The van der Waals surface area contributed by atoms with E-state index in [0.29, 0.717) is 22.5 Å². The van der Waals surface area contributed by atoms with Gasteiger partial charge in [-0.2, -0.15) is 4.31 Å². The molecule has 1 unspecified atom stereocenters. The fourth-order valence-electron chi connectivity index (χ4n) is 2.00. The zero-order valence-corrected chi connectivity index (χ0v) is 12.8. The van der Waals surface area contributed by atoms with Gasteiger partial charge in [-0.25, -0.2) is 8.42 Å². The molecule has 0 amide bonds. The van der Waals surface area contributed by atoms with Gasteiger partial charge in [0.25, 0.3) is 0 Å². The van der Waals surface area contributed by atoms with E-state index in [2.05, 4.69) is 15.9 Å². The lowest BCUT2D eigenvalue weighted by molar-refractivity contribution is 0.258. The van der Waals surface area contributed by atoms with Crippen molar-refractivity contribution in [3.63, 3.8) is 0 Å². The molecule has 7 heteroatoms. The first kappa shape index (κ1) is 14.3. The lowest BCUT2D eigenvalue weighted by atomic mass is 10.1. The number of hydrogen-bond acceptors (Lipinski definition) is 3. The smallest absolute Gasteiger partial charge is 0.244 e. The molecule has 2 N–H and O–H groups in total. The SMILES string of the molecule is NC1CCCCN1S(=O)(=O)c1ccc(Cl)c(Br)c1. The molecule has 4 nitrogen and oxygen atoms in total. The van der Waals surface area contributed by atoms with E-state index in [1.54, 1.807) is 6.07 Å². The van der Waals surface area contributed by atoms with Crippen LogP contribution in [0.15, 0.2) is 27.6 Å². The van der Waals surface area contributed by atoms with Crippen molar-refractivity contribution in [3.8, 4) is 0 Å². The molecule has 1 aromatic rings. The Bertz CT molecular complexity index is 550. The van der Waals surface area contributed by atoms with Crippen LogP contribution in [0.2, 0.25) is 5.02 Å². The summed E-state index contributed by atoms with van der Waals surface area (Å²) in [5.74, 6) is 0. The molecule has 1 aliphatic heterocycles. The Morgan fingerprint density at radius 1 is 1.39 bits per heavy atom. The molecule has 0 radical (unpaired) electrons. The van der Waals surface area contributed by atoms with Crippen molar-refractivity contribution < 1.29 is 8.42 Å². The molecule has 1 saturated heterocycles. The summed E-state index contributed by atoms with van der Waals surface area (Å²) in [7, 11) is -3.53. The van der Waals surface area contributed by atoms with Gasteiger partial charge in [-0.3, -0.25) is 0 Å². The minimum atomic E-state index is -3.53. The summed E-state index contributed by atoms with van der Waals surface area (Å²) >= 11 is 9.10. The zero-order valence-electron chi connectivity index (χ0n) is 9.64. The predicted molar refractivity (Wildman–Crippen MR) is 74.9 cm³/mol. The van der Waals surface area contributed by atoms with E-state index in [-0.39, 0.29) is 4.90 Å². The zero-order chi connectivity index (χ0) is 13.3. The topological polar surface area (TPSA) is 63.4 Å². The third-order valence-corrected chi connectivity index (χ3v) is 6.13. The van der Waals surface area contributed by atoms with Crippen molar-refractivity contribution in [2.75, 3.05) is 6.54 Å². The van der Waals surface area contributed by atoms with Crippen LogP contribution in [0.3, 0.4) is 0 Å². The van der Waals surface area contributed by atoms with Crippen LogP contribution in [0.5, 0.6) is 0 Å². The highest BCUT2D eigenvalue weighted by molar-refractivity contribution is 9.10. The van der Waals surface area contributed by atoms with Gasteiger partial charge in [0.2, 0.25) is 10.0 Å². The minimum absolute atomic E-state index is 0.219. The Morgan fingerprint density at radius 3 is 2.72 bits per heavy atom. The summed E-state index contributed by atoms with van der Waals surface area (Å²) in [4.78, 5) is 0.219. The number of rotatable bonds is 2. The molecule has 2 rings (SSSR count). The highest BCUT2D eigenvalue weighted by atomic mass is 79.9. The number of nitrogens with zero attached hydrogens (tertiary/aromatic N) is 1. The van der Waals surface area contributed by atoms with E-state index in [4.69, 9.17) is 17.3 Å². The second-order valence-corrected chi connectivity index (χ2v) is 7.41. The Morgan fingerprint density at radius 2 is 2.11 bits per heavy atom. The number of halogens is 2. The van der Waals surface area contributed by atoms with Crippen molar-refractivity contribution in [3.05, 3.63) is 27.7 Å². The van der Waals surface area contributed by atoms with Gasteiger partial charge in [-0.15, -0.1) is 0 Å². The highest BCUT2D eigenvalue weighted by Crippen LogP contribution is 2.28. The molecule has 18 heavy (non-hydrogen) atoms.